The van der Waals surface area contributed by atoms with Gasteiger partial charge in [0.2, 0.25) is 5.91 Å². The molecule has 2 aromatic carbocycles. The van der Waals surface area contributed by atoms with Crippen molar-refractivity contribution in [2.45, 2.75) is 44.6 Å². The minimum absolute atomic E-state index is 0.00455. The Hall–Kier alpha value is -2.36. The number of halogens is 1. The van der Waals surface area contributed by atoms with Gasteiger partial charge in [0.1, 0.15) is 11.6 Å². The summed E-state index contributed by atoms with van der Waals surface area (Å²) >= 11 is 0. The fourth-order valence-electron chi connectivity index (χ4n) is 3.04. The Bertz CT molecular complexity index is 736. The molecule has 1 saturated carbocycles. The molecule has 0 saturated heterocycles. The van der Waals surface area contributed by atoms with Crippen LogP contribution in [0.4, 0.5) is 4.39 Å². The molecule has 3 nitrogen and oxygen atoms in total. The predicted octanol–water partition coefficient (Wildman–Crippen LogP) is 4.00. The third-order valence-electron chi connectivity index (χ3n) is 4.57. The van der Waals surface area contributed by atoms with Gasteiger partial charge in [-0.3, -0.25) is 4.79 Å². The van der Waals surface area contributed by atoms with Crippen molar-refractivity contribution in [1.29, 1.82) is 0 Å². The summed E-state index contributed by atoms with van der Waals surface area (Å²) in [6.45, 7) is 4.55. The fraction of sp³-hybridized carbons (Fsp3) is 0.381. The van der Waals surface area contributed by atoms with E-state index in [1.54, 1.807) is 0 Å². The average Bonchev–Trinajstić information content (AvgIpc) is 3.34. The normalized spacial score (nSPS) is 15.0. The lowest BCUT2D eigenvalue weighted by Gasteiger charge is -2.17. The van der Waals surface area contributed by atoms with E-state index in [4.69, 9.17) is 4.74 Å². The molecule has 0 aliphatic heterocycles. The Morgan fingerprint density at radius 2 is 1.92 bits per heavy atom. The Balaban J connectivity index is 1.55. The van der Waals surface area contributed by atoms with Crippen molar-refractivity contribution in [3.8, 4) is 5.75 Å². The van der Waals surface area contributed by atoms with Gasteiger partial charge in [0.05, 0.1) is 12.5 Å². The predicted molar refractivity (Wildman–Crippen MR) is 96.2 cm³/mol. The van der Waals surface area contributed by atoms with E-state index in [0.717, 1.165) is 29.7 Å². The summed E-state index contributed by atoms with van der Waals surface area (Å²) in [5, 5.41) is 3.03. The molecule has 0 atom stereocenters. The van der Waals surface area contributed by atoms with Gasteiger partial charge in [0, 0.05) is 12.0 Å². The summed E-state index contributed by atoms with van der Waals surface area (Å²) in [7, 11) is 0. The molecule has 0 spiro atoms. The molecule has 1 N–H and O–H groups in total. The van der Waals surface area contributed by atoms with E-state index in [1.807, 2.05) is 50.2 Å². The van der Waals surface area contributed by atoms with E-state index in [9.17, 15) is 9.18 Å². The van der Waals surface area contributed by atoms with Gasteiger partial charge >= 0.3 is 0 Å². The van der Waals surface area contributed by atoms with E-state index in [-0.39, 0.29) is 23.2 Å². The maximum absolute atomic E-state index is 13.1. The molecule has 1 aliphatic carbocycles. The monoisotopic (exact) mass is 341 g/mol. The van der Waals surface area contributed by atoms with Crippen LogP contribution in [0.15, 0.2) is 48.5 Å². The van der Waals surface area contributed by atoms with Crippen molar-refractivity contribution < 1.29 is 13.9 Å². The van der Waals surface area contributed by atoms with E-state index < -0.39 is 0 Å². The van der Waals surface area contributed by atoms with Crippen LogP contribution >= 0.6 is 0 Å². The van der Waals surface area contributed by atoms with Gasteiger partial charge in [-0.05, 0) is 62.1 Å². The van der Waals surface area contributed by atoms with Gasteiger partial charge in [-0.1, -0.05) is 24.3 Å². The molecular formula is C21H24FNO2. The minimum atomic E-state index is -0.230. The molecule has 132 valence electrons. The standard InChI is InChI=1S/C21H24FNO2/c1-15(2)25-19-5-3-4-16(12-19)13-20(24)23-14-21(10-11-21)17-6-8-18(22)9-7-17/h3-9,12,15H,10-11,13-14H2,1-2H3,(H,23,24). The zero-order valence-electron chi connectivity index (χ0n) is 14.7. The van der Waals surface area contributed by atoms with Crippen LogP contribution in [0.5, 0.6) is 5.75 Å². The van der Waals surface area contributed by atoms with E-state index in [1.165, 1.54) is 12.1 Å². The maximum atomic E-state index is 13.1. The molecule has 0 aromatic heterocycles. The van der Waals surface area contributed by atoms with Crippen LogP contribution in [0.3, 0.4) is 0 Å². The van der Waals surface area contributed by atoms with Gasteiger partial charge in [-0.15, -0.1) is 0 Å². The third-order valence-corrected chi connectivity index (χ3v) is 4.57. The first-order valence-electron chi connectivity index (χ1n) is 8.75. The second kappa shape index (κ2) is 7.26. The Kier molecular flexibility index (Phi) is 5.07. The number of hydrogen-bond donors (Lipinski definition) is 1. The number of hydrogen-bond acceptors (Lipinski definition) is 2. The number of amides is 1. The van der Waals surface area contributed by atoms with Crippen molar-refractivity contribution in [3.05, 3.63) is 65.5 Å². The first kappa shape index (κ1) is 17.5. The van der Waals surface area contributed by atoms with Crippen LogP contribution in [0.1, 0.15) is 37.8 Å². The van der Waals surface area contributed by atoms with Crippen LogP contribution in [0.25, 0.3) is 0 Å². The molecule has 1 aliphatic rings. The highest BCUT2D eigenvalue weighted by Gasteiger charge is 2.44. The second-order valence-electron chi connectivity index (χ2n) is 7.05. The summed E-state index contributed by atoms with van der Waals surface area (Å²) in [5.41, 5.74) is 2.01. The summed E-state index contributed by atoms with van der Waals surface area (Å²) in [6.07, 6.45) is 2.48. The van der Waals surface area contributed by atoms with Crippen LogP contribution in [-0.2, 0) is 16.6 Å². The molecule has 4 heteroatoms. The van der Waals surface area contributed by atoms with Gasteiger partial charge in [-0.25, -0.2) is 4.39 Å². The van der Waals surface area contributed by atoms with Crippen LogP contribution in [0, 0.1) is 5.82 Å². The lowest BCUT2D eigenvalue weighted by Crippen LogP contribution is -2.33. The molecule has 1 amide bonds. The summed E-state index contributed by atoms with van der Waals surface area (Å²) < 4.78 is 18.7. The summed E-state index contributed by atoms with van der Waals surface area (Å²) in [6, 6.07) is 14.2. The van der Waals surface area contributed by atoms with Gasteiger partial charge in [-0.2, -0.15) is 0 Å². The number of benzene rings is 2. The SMILES string of the molecule is CC(C)Oc1cccc(CC(=O)NCC2(c3ccc(F)cc3)CC2)c1. The molecule has 1 fully saturated rings. The zero-order valence-corrected chi connectivity index (χ0v) is 14.7. The fourth-order valence-corrected chi connectivity index (χ4v) is 3.04. The average molecular weight is 341 g/mol. The molecule has 3 rings (SSSR count). The number of carbonyl (C=O) groups excluding carboxylic acids is 1. The van der Waals surface area contributed by atoms with Crippen LogP contribution < -0.4 is 10.1 Å². The lowest BCUT2D eigenvalue weighted by molar-refractivity contribution is -0.120. The smallest absolute Gasteiger partial charge is 0.224 e. The molecular weight excluding hydrogens is 317 g/mol. The minimum Gasteiger partial charge on any atom is -0.491 e. The number of rotatable bonds is 7. The van der Waals surface area contributed by atoms with Gasteiger partial charge in [0.25, 0.3) is 0 Å². The molecule has 2 aromatic rings. The Morgan fingerprint density at radius 1 is 1.20 bits per heavy atom. The molecule has 0 heterocycles. The van der Waals surface area contributed by atoms with E-state index in [2.05, 4.69) is 5.32 Å². The van der Waals surface area contributed by atoms with Crippen molar-refractivity contribution in [2.75, 3.05) is 6.54 Å². The maximum Gasteiger partial charge on any atom is 0.224 e. The van der Waals surface area contributed by atoms with E-state index in [0.29, 0.717) is 13.0 Å². The van der Waals surface area contributed by atoms with Gasteiger partial charge < -0.3 is 10.1 Å². The third kappa shape index (κ3) is 4.59. The highest BCUT2D eigenvalue weighted by molar-refractivity contribution is 5.78. The van der Waals surface area contributed by atoms with Crippen molar-refractivity contribution in [2.24, 2.45) is 0 Å². The molecule has 0 radical (unpaired) electrons. The summed E-state index contributed by atoms with van der Waals surface area (Å²) in [4.78, 5) is 12.3. The Labute approximate surface area is 148 Å². The molecule has 25 heavy (non-hydrogen) atoms. The number of nitrogens with one attached hydrogen (secondary N) is 1. The largest absolute Gasteiger partial charge is 0.491 e. The quantitative estimate of drug-likeness (QED) is 0.826. The van der Waals surface area contributed by atoms with Crippen molar-refractivity contribution >= 4 is 5.91 Å². The second-order valence-corrected chi connectivity index (χ2v) is 7.05. The zero-order chi connectivity index (χ0) is 17.9. The number of ether oxygens (including phenoxy) is 1. The van der Waals surface area contributed by atoms with Crippen molar-refractivity contribution in [1.82, 2.24) is 5.32 Å². The van der Waals surface area contributed by atoms with Crippen molar-refractivity contribution in [3.63, 3.8) is 0 Å². The topological polar surface area (TPSA) is 38.3 Å². The van der Waals surface area contributed by atoms with Gasteiger partial charge in [0.15, 0.2) is 0 Å². The molecule has 0 bridgehead atoms. The lowest BCUT2D eigenvalue weighted by atomic mass is 9.96. The molecule has 0 unspecified atom stereocenters. The van der Waals surface area contributed by atoms with Crippen LogP contribution in [-0.4, -0.2) is 18.6 Å². The first-order valence-corrected chi connectivity index (χ1v) is 8.75. The number of carbonyl (C=O) groups is 1. The highest BCUT2D eigenvalue weighted by Crippen LogP contribution is 2.47. The highest BCUT2D eigenvalue weighted by atomic mass is 19.1. The van der Waals surface area contributed by atoms with E-state index >= 15 is 0 Å². The van der Waals surface area contributed by atoms with Crippen LogP contribution in [0.2, 0.25) is 0 Å². The first-order chi connectivity index (χ1) is 12.0. The Morgan fingerprint density at radius 3 is 2.56 bits per heavy atom. The summed E-state index contributed by atoms with van der Waals surface area (Å²) in [5.74, 6) is 0.549.